The van der Waals surface area contributed by atoms with Gasteiger partial charge in [-0.25, -0.2) is 0 Å². The van der Waals surface area contributed by atoms with Gasteiger partial charge in [-0.1, -0.05) is 13.8 Å². The molecule has 0 bridgehead atoms. The molecule has 0 aromatic carbocycles. The Morgan fingerprint density at radius 1 is 1.62 bits per heavy atom. The monoisotopic (exact) mass is 292 g/mol. The highest BCUT2D eigenvalue weighted by Gasteiger charge is 2.22. The van der Waals surface area contributed by atoms with Crippen molar-refractivity contribution in [2.24, 2.45) is 18.9 Å². The predicted octanol–water partition coefficient (Wildman–Crippen LogP) is 1.62. The predicted molar refractivity (Wildman–Crippen MR) is 83.8 cm³/mol. The van der Waals surface area contributed by atoms with Gasteiger partial charge in [0.25, 0.3) is 0 Å². The van der Waals surface area contributed by atoms with E-state index in [0.29, 0.717) is 24.8 Å². The molecule has 1 aromatic rings. The number of aryl methyl sites for hydroxylation is 2. The van der Waals surface area contributed by atoms with Gasteiger partial charge in [0.15, 0.2) is 0 Å². The van der Waals surface area contributed by atoms with Gasteiger partial charge in [0.05, 0.1) is 5.69 Å². The SMILES string of the molecule is CCc1nn(C)cc1CNC(=O)CC(C)C1CCCNC1. The van der Waals surface area contributed by atoms with E-state index < -0.39 is 0 Å². The zero-order chi connectivity index (χ0) is 15.2. The van der Waals surface area contributed by atoms with Crippen LogP contribution in [0.4, 0.5) is 0 Å². The Morgan fingerprint density at radius 2 is 2.43 bits per heavy atom. The van der Waals surface area contributed by atoms with Crippen LogP contribution in [0.25, 0.3) is 0 Å². The maximum absolute atomic E-state index is 12.1. The van der Waals surface area contributed by atoms with Gasteiger partial charge in [-0.3, -0.25) is 9.48 Å². The molecule has 0 radical (unpaired) electrons. The van der Waals surface area contributed by atoms with Crippen molar-refractivity contribution in [2.75, 3.05) is 13.1 Å². The minimum atomic E-state index is 0.152. The molecular weight excluding hydrogens is 264 g/mol. The third kappa shape index (κ3) is 4.56. The van der Waals surface area contributed by atoms with Crippen molar-refractivity contribution >= 4 is 5.91 Å². The normalized spacial score (nSPS) is 20.2. The summed E-state index contributed by atoms with van der Waals surface area (Å²) in [5, 5.41) is 10.9. The Morgan fingerprint density at radius 3 is 3.10 bits per heavy atom. The number of amides is 1. The van der Waals surface area contributed by atoms with Gasteiger partial charge in [-0.15, -0.1) is 0 Å². The molecule has 2 unspecified atom stereocenters. The second-order valence-electron chi connectivity index (χ2n) is 6.19. The number of nitrogens with zero attached hydrogens (tertiary/aromatic N) is 2. The van der Waals surface area contributed by atoms with Crippen LogP contribution in [0.2, 0.25) is 0 Å². The fraction of sp³-hybridized carbons (Fsp3) is 0.750. The highest BCUT2D eigenvalue weighted by atomic mass is 16.1. The molecule has 1 saturated heterocycles. The lowest BCUT2D eigenvalue weighted by molar-refractivity contribution is -0.122. The lowest BCUT2D eigenvalue weighted by atomic mass is 9.85. The molecule has 1 amide bonds. The first-order valence-corrected chi connectivity index (χ1v) is 8.09. The molecule has 118 valence electrons. The number of piperidine rings is 1. The van der Waals surface area contributed by atoms with Gasteiger partial charge >= 0.3 is 0 Å². The summed E-state index contributed by atoms with van der Waals surface area (Å²) >= 11 is 0. The quantitative estimate of drug-likeness (QED) is 0.838. The summed E-state index contributed by atoms with van der Waals surface area (Å²) < 4.78 is 1.82. The molecule has 0 saturated carbocycles. The number of nitrogens with one attached hydrogen (secondary N) is 2. The summed E-state index contributed by atoms with van der Waals surface area (Å²) in [6.45, 7) is 7.04. The van der Waals surface area contributed by atoms with Gasteiger partial charge in [0.1, 0.15) is 0 Å². The van der Waals surface area contributed by atoms with Gasteiger partial charge < -0.3 is 10.6 Å². The molecule has 2 heterocycles. The molecule has 1 aromatic heterocycles. The van der Waals surface area contributed by atoms with Crippen molar-refractivity contribution in [1.82, 2.24) is 20.4 Å². The molecule has 2 rings (SSSR count). The van der Waals surface area contributed by atoms with E-state index in [-0.39, 0.29) is 5.91 Å². The zero-order valence-electron chi connectivity index (χ0n) is 13.5. The number of carbonyl (C=O) groups is 1. The van der Waals surface area contributed by atoms with E-state index in [4.69, 9.17) is 0 Å². The van der Waals surface area contributed by atoms with Crippen LogP contribution in [0.15, 0.2) is 6.20 Å². The molecular formula is C16H28N4O. The number of hydrogen-bond donors (Lipinski definition) is 2. The molecule has 1 fully saturated rings. The Kier molecular flexibility index (Phi) is 5.79. The van der Waals surface area contributed by atoms with Crippen molar-refractivity contribution in [3.8, 4) is 0 Å². The molecule has 0 aliphatic carbocycles. The maximum atomic E-state index is 12.1. The average molecular weight is 292 g/mol. The van der Waals surface area contributed by atoms with Crippen LogP contribution < -0.4 is 10.6 Å². The van der Waals surface area contributed by atoms with E-state index in [1.54, 1.807) is 0 Å². The van der Waals surface area contributed by atoms with Crippen LogP contribution in [0, 0.1) is 11.8 Å². The van der Waals surface area contributed by atoms with E-state index in [9.17, 15) is 4.79 Å². The summed E-state index contributed by atoms with van der Waals surface area (Å²) in [5.41, 5.74) is 2.20. The summed E-state index contributed by atoms with van der Waals surface area (Å²) in [6, 6.07) is 0. The molecule has 1 aliphatic heterocycles. The number of rotatable bonds is 6. The van der Waals surface area contributed by atoms with E-state index in [1.807, 2.05) is 17.9 Å². The van der Waals surface area contributed by atoms with Crippen molar-refractivity contribution in [3.05, 3.63) is 17.5 Å². The first-order chi connectivity index (χ1) is 10.1. The lowest BCUT2D eigenvalue weighted by Crippen LogP contribution is -2.35. The smallest absolute Gasteiger partial charge is 0.220 e. The second-order valence-corrected chi connectivity index (χ2v) is 6.19. The van der Waals surface area contributed by atoms with Gasteiger partial charge in [0.2, 0.25) is 5.91 Å². The zero-order valence-corrected chi connectivity index (χ0v) is 13.5. The van der Waals surface area contributed by atoms with Gasteiger partial charge in [-0.2, -0.15) is 5.10 Å². The summed E-state index contributed by atoms with van der Waals surface area (Å²) in [5.74, 6) is 1.23. The average Bonchev–Trinajstić information content (AvgIpc) is 2.86. The second kappa shape index (κ2) is 7.59. The maximum Gasteiger partial charge on any atom is 0.220 e. The number of carbonyl (C=O) groups excluding carboxylic acids is 1. The van der Waals surface area contributed by atoms with E-state index in [1.165, 1.54) is 12.8 Å². The van der Waals surface area contributed by atoms with Crippen molar-refractivity contribution in [1.29, 1.82) is 0 Å². The van der Waals surface area contributed by atoms with Crippen LogP contribution in [0.5, 0.6) is 0 Å². The molecule has 5 heteroatoms. The summed E-state index contributed by atoms with van der Waals surface area (Å²) in [4.78, 5) is 12.1. The largest absolute Gasteiger partial charge is 0.352 e. The Bertz CT molecular complexity index is 463. The van der Waals surface area contributed by atoms with Crippen molar-refractivity contribution in [3.63, 3.8) is 0 Å². The fourth-order valence-corrected chi connectivity index (χ4v) is 3.12. The van der Waals surface area contributed by atoms with Crippen molar-refractivity contribution < 1.29 is 4.79 Å². The van der Waals surface area contributed by atoms with Crippen LogP contribution >= 0.6 is 0 Å². The Hall–Kier alpha value is -1.36. The topological polar surface area (TPSA) is 59.0 Å². The third-order valence-electron chi connectivity index (χ3n) is 4.45. The molecule has 5 nitrogen and oxygen atoms in total. The van der Waals surface area contributed by atoms with Crippen LogP contribution in [0.3, 0.4) is 0 Å². The van der Waals surface area contributed by atoms with E-state index in [0.717, 1.165) is 30.8 Å². The standard InChI is InChI=1S/C16H28N4O/c1-4-15-14(11-20(3)19-15)10-18-16(21)8-12(2)13-6-5-7-17-9-13/h11-13,17H,4-10H2,1-3H3,(H,18,21). The van der Waals surface area contributed by atoms with Crippen LogP contribution in [-0.4, -0.2) is 28.8 Å². The molecule has 2 atom stereocenters. The third-order valence-corrected chi connectivity index (χ3v) is 4.45. The highest BCUT2D eigenvalue weighted by molar-refractivity contribution is 5.76. The molecule has 2 N–H and O–H groups in total. The number of aromatic nitrogens is 2. The van der Waals surface area contributed by atoms with Gasteiger partial charge in [0, 0.05) is 31.8 Å². The Balaban J connectivity index is 1.78. The fourth-order valence-electron chi connectivity index (χ4n) is 3.12. The minimum Gasteiger partial charge on any atom is -0.352 e. The molecule has 0 spiro atoms. The molecule has 1 aliphatic rings. The van der Waals surface area contributed by atoms with Gasteiger partial charge in [-0.05, 0) is 44.2 Å². The summed E-state index contributed by atoms with van der Waals surface area (Å²) in [7, 11) is 1.92. The Labute approximate surface area is 127 Å². The molecule has 21 heavy (non-hydrogen) atoms. The summed E-state index contributed by atoms with van der Waals surface area (Å²) in [6.07, 6.45) is 5.98. The van der Waals surface area contributed by atoms with Crippen LogP contribution in [-0.2, 0) is 24.8 Å². The lowest BCUT2D eigenvalue weighted by Gasteiger charge is -2.28. The minimum absolute atomic E-state index is 0.152. The highest BCUT2D eigenvalue weighted by Crippen LogP contribution is 2.22. The first kappa shape index (κ1) is 16.0. The first-order valence-electron chi connectivity index (χ1n) is 8.09. The van der Waals surface area contributed by atoms with E-state index >= 15 is 0 Å². The van der Waals surface area contributed by atoms with Crippen molar-refractivity contribution in [2.45, 2.75) is 46.1 Å². The van der Waals surface area contributed by atoms with Crippen LogP contribution in [0.1, 0.15) is 44.4 Å². The van der Waals surface area contributed by atoms with E-state index in [2.05, 4.69) is 29.6 Å². The number of hydrogen-bond acceptors (Lipinski definition) is 3.